The van der Waals surface area contributed by atoms with E-state index >= 15 is 0 Å². The molecule has 0 aliphatic heterocycles. The molecule has 0 aliphatic carbocycles. The number of carbonyl (C=O) groups excluding carboxylic acids is 2. The fraction of sp³-hybridized carbons (Fsp3) is 0.714. The topological polar surface area (TPSA) is 134 Å². The highest BCUT2D eigenvalue weighted by atomic mass is 31.2. The first kappa shape index (κ1) is 56.5. The minimum atomic E-state index is -4.40. The molecule has 0 heterocycles. The Bertz CT molecular complexity index is 1190. The summed E-state index contributed by atoms with van der Waals surface area (Å²) in [6, 6.07) is 0. The Kier molecular flexibility index (Phi) is 43.0. The van der Waals surface area contributed by atoms with Crippen LogP contribution in [0.5, 0.6) is 0 Å². The third-order valence-corrected chi connectivity index (χ3v) is 10.6. The van der Waals surface area contributed by atoms with Gasteiger partial charge in [0.15, 0.2) is 6.10 Å². The molecule has 2 atom stereocenters. The highest BCUT2D eigenvalue weighted by Crippen LogP contribution is 2.43. The molecule has 0 saturated heterocycles. The van der Waals surface area contributed by atoms with Crippen LogP contribution in [-0.2, 0) is 32.7 Å². The molecule has 0 radical (unpaired) electrons. The highest BCUT2D eigenvalue weighted by molar-refractivity contribution is 7.47. The number of phosphoric acid groups is 1. The van der Waals surface area contributed by atoms with Gasteiger partial charge in [0, 0.05) is 19.4 Å². The van der Waals surface area contributed by atoms with Crippen LogP contribution >= 0.6 is 7.82 Å². The van der Waals surface area contributed by atoms with Crippen molar-refractivity contribution in [2.24, 2.45) is 5.73 Å². The lowest BCUT2D eigenvalue weighted by atomic mass is 10.0. The fourth-order valence-electron chi connectivity index (χ4n) is 6.19. The van der Waals surface area contributed by atoms with Gasteiger partial charge in [-0.25, -0.2) is 4.57 Å². The Morgan fingerprint density at radius 1 is 0.525 bits per heavy atom. The molecule has 0 bridgehead atoms. The van der Waals surface area contributed by atoms with Crippen molar-refractivity contribution in [1.82, 2.24) is 0 Å². The summed E-state index contributed by atoms with van der Waals surface area (Å²) in [5, 5.41) is 0. The van der Waals surface area contributed by atoms with Crippen LogP contribution in [-0.4, -0.2) is 49.3 Å². The van der Waals surface area contributed by atoms with Gasteiger partial charge < -0.3 is 20.1 Å². The van der Waals surface area contributed by atoms with Crippen molar-refractivity contribution in [3.63, 3.8) is 0 Å². The number of phosphoric ester groups is 1. The van der Waals surface area contributed by atoms with Crippen molar-refractivity contribution in [3.05, 3.63) is 72.9 Å². The van der Waals surface area contributed by atoms with E-state index in [2.05, 4.69) is 56.4 Å². The van der Waals surface area contributed by atoms with Crippen molar-refractivity contribution in [3.8, 4) is 0 Å². The van der Waals surface area contributed by atoms with Crippen molar-refractivity contribution < 1.29 is 37.6 Å². The normalized spacial score (nSPS) is 13.9. The average molecular weight is 848 g/mol. The fourth-order valence-corrected chi connectivity index (χ4v) is 6.96. The van der Waals surface area contributed by atoms with E-state index in [0.29, 0.717) is 12.8 Å². The number of rotatable bonds is 43. The summed E-state index contributed by atoms with van der Waals surface area (Å²) in [5.41, 5.74) is 5.35. The molecular formula is C49H86NO8P. The molecule has 0 aromatic carbocycles. The Labute approximate surface area is 361 Å². The van der Waals surface area contributed by atoms with Gasteiger partial charge >= 0.3 is 19.8 Å². The quantitative estimate of drug-likeness (QED) is 0.0202. The standard InChI is InChI=1S/C49H86NO8P/c1-3-5-7-9-11-13-15-17-19-20-21-22-23-24-25-26-28-30-32-34-36-38-40-42-49(52)58-47(46-57-59(53,54)56-44-43-50)45-55-48(51)41-39-37-35-33-31-29-27-18-16-14-12-10-8-6-4-2/h6,8,10,12,14,16,18,26-28,34,36,47H,3-5,7,9,11,13,15,17,19-25,29-33,35,37-46,50H2,1-2H3,(H,53,54)/b8-6+,12-10+,16-14+,27-18+,28-26+,36-34+/t47-/m1/s1. The van der Waals surface area contributed by atoms with Crippen LogP contribution in [0.15, 0.2) is 72.9 Å². The van der Waals surface area contributed by atoms with Crippen LogP contribution in [0.2, 0.25) is 0 Å². The second-order valence-electron chi connectivity index (χ2n) is 15.3. The average Bonchev–Trinajstić information content (AvgIpc) is 3.22. The minimum absolute atomic E-state index is 0.0406. The Hall–Kier alpha value is -2.55. The first-order chi connectivity index (χ1) is 28.8. The Morgan fingerprint density at radius 3 is 1.54 bits per heavy atom. The molecule has 10 heteroatoms. The maximum atomic E-state index is 12.6. The van der Waals surface area contributed by atoms with Crippen LogP contribution in [0, 0.1) is 0 Å². The zero-order valence-corrected chi connectivity index (χ0v) is 38.4. The number of allylic oxidation sites excluding steroid dienone is 12. The molecule has 0 amide bonds. The van der Waals surface area contributed by atoms with Crippen LogP contribution < -0.4 is 5.73 Å². The van der Waals surface area contributed by atoms with Gasteiger partial charge in [0.2, 0.25) is 0 Å². The molecule has 0 rings (SSSR count). The Balaban J connectivity index is 4.17. The number of nitrogens with two attached hydrogens (primary N) is 1. The molecule has 0 aliphatic rings. The van der Waals surface area contributed by atoms with Gasteiger partial charge in [-0.3, -0.25) is 18.6 Å². The van der Waals surface area contributed by atoms with E-state index in [0.717, 1.165) is 64.2 Å². The zero-order valence-electron chi connectivity index (χ0n) is 37.5. The van der Waals surface area contributed by atoms with Crippen LogP contribution in [0.1, 0.15) is 194 Å². The largest absolute Gasteiger partial charge is 0.472 e. The molecule has 0 spiro atoms. The molecule has 0 aromatic heterocycles. The van der Waals surface area contributed by atoms with Crippen molar-refractivity contribution >= 4 is 19.8 Å². The monoisotopic (exact) mass is 848 g/mol. The van der Waals surface area contributed by atoms with Crippen LogP contribution in [0.3, 0.4) is 0 Å². The van der Waals surface area contributed by atoms with Gasteiger partial charge in [-0.1, -0.05) is 189 Å². The van der Waals surface area contributed by atoms with Gasteiger partial charge in [-0.2, -0.15) is 0 Å². The van der Waals surface area contributed by atoms with E-state index < -0.39 is 32.5 Å². The maximum Gasteiger partial charge on any atom is 0.472 e. The van der Waals surface area contributed by atoms with Gasteiger partial charge in [-0.15, -0.1) is 0 Å². The molecule has 340 valence electrons. The second kappa shape index (κ2) is 45.0. The second-order valence-corrected chi connectivity index (χ2v) is 16.8. The summed E-state index contributed by atoms with van der Waals surface area (Å²) >= 11 is 0. The third-order valence-electron chi connectivity index (χ3n) is 9.65. The van der Waals surface area contributed by atoms with Gasteiger partial charge in [0.05, 0.1) is 13.2 Å². The molecule has 0 aromatic rings. The van der Waals surface area contributed by atoms with Crippen LogP contribution in [0.4, 0.5) is 0 Å². The summed E-state index contributed by atoms with van der Waals surface area (Å²) in [5.74, 6) is -0.908. The molecule has 3 N–H and O–H groups in total. The number of hydrogen-bond acceptors (Lipinski definition) is 8. The maximum absolute atomic E-state index is 12.6. The van der Waals surface area contributed by atoms with E-state index in [9.17, 15) is 19.0 Å². The molecule has 1 unspecified atom stereocenters. The first-order valence-corrected chi connectivity index (χ1v) is 25.0. The summed E-state index contributed by atoms with van der Waals surface area (Å²) in [7, 11) is -4.40. The highest BCUT2D eigenvalue weighted by Gasteiger charge is 2.26. The third kappa shape index (κ3) is 44.8. The van der Waals surface area contributed by atoms with E-state index in [1.165, 1.54) is 89.9 Å². The first-order valence-electron chi connectivity index (χ1n) is 23.5. The minimum Gasteiger partial charge on any atom is -0.462 e. The summed E-state index contributed by atoms with van der Waals surface area (Å²) in [6.07, 6.45) is 55.3. The van der Waals surface area contributed by atoms with Crippen LogP contribution in [0.25, 0.3) is 0 Å². The summed E-state index contributed by atoms with van der Waals surface area (Å²) in [6.45, 7) is 3.53. The number of esters is 2. The smallest absolute Gasteiger partial charge is 0.462 e. The SMILES string of the molecule is CC/C=C/C=C/C=C/C=C/CCCCCCCC(=O)OC[C@H](COP(=O)(O)OCCN)OC(=O)CCC/C=C/CC/C=C/CCCCCCCCCCCCCCCC. The number of unbranched alkanes of at least 4 members (excludes halogenated alkanes) is 21. The van der Waals surface area contributed by atoms with Crippen molar-refractivity contribution in [2.45, 2.75) is 200 Å². The van der Waals surface area contributed by atoms with Gasteiger partial charge in [0.25, 0.3) is 0 Å². The van der Waals surface area contributed by atoms with Gasteiger partial charge in [0.1, 0.15) is 6.61 Å². The van der Waals surface area contributed by atoms with Gasteiger partial charge in [-0.05, 0) is 64.2 Å². The molecule has 0 saturated carbocycles. The Morgan fingerprint density at radius 2 is 0.983 bits per heavy atom. The van der Waals surface area contributed by atoms with E-state index in [4.69, 9.17) is 24.3 Å². The van der Waals surface area contributed by atoms with E-state index in [1.807, 2.05) is 30.4 Å². The van der Waals surface area contributed by atoms with Crippen molar-refractivity contribution in [1.29, 1.82) is 0 Å². The molecule has 9 nitrogen and oxygen atoms in total. The lowest BCUT2D eigenvalue weighted by Gasteiger charge is -2.19. The lowest BCUT2D eigenvalue weighted by Crippen LogP contribution is -2.29. The van der Waals surface area contributed by atoms with Crippen molar-refractivity contribution in [2.75, 3.05) is 26.4 Å². The number of hydrogen-bond donors (Lipinski definition) is 2. The zero-order chi connectivity index (χ0) is 43.2. The van der Waals surface area contributed by atoms with E-state index in [-0.39, 0.29) is 32.6 Å². The predicted octanol–water partition coefficient (Wildman–Crippen LogP) is 13.8. The lowest BCUT2D eigenvalue weighted by molar-refractivity contribution is -0.161. The number of ether oxygens (including phenoxy) is 2. The predicted molar refractivity (Wildman–Crippen MR) is 247 cm³/mol. The molecular weight excluding hydrogens is 762 g/mol. The summed E-state index contributed by atoms with van der Waals surface area (Å²) in [4.78, 5) is 34.9. The summed E-state index contributed by atoms with van der Waals surface area (Å²) < 4.78 is 32.8. The van der Waals surface area contributed by atoms with E-state index in [1.54, 1.807) is 0 Å². The molecule has 0 fully saturated rings. The molecule has 59 heavy (non-hydrogen) atoms. The number of carbonyl (C=O) groups is 2.